The Labute approximate surface area is 146 Å². The van der Waals surface area contributed by atoms with Crippen molar-refractivity contribution in [2.45, 2.75) is 19.9 Å². The van der Waals surface area contributed by atoms with E-state index >= 15 is 0 Å². The molecule has 0 unspecified atom stereocenters. The Balaban J connectivity index is 1.65. The number of nitrogens with zero attached hydrogens (tertiary/aromatic N) is 1. The minimum atomic E-state index is -0.334. The van der Waals surface area contributed by atoms with Crippen LogP contribution in [0.4, 0.5) is 5.69 Å². The van der Waals surface area contributed by atoms with Gasteiger partial charge in [0.25, 0.3) is 0 Å². The number of rotatable bonds is 4. The second-order valence-electron chi connectivity index (χ2n) is 6.07. The monoisotopic (exact) mass is 342 g/mol. The van der Waals surface area contributed by atoms with Crippen LogP contribution in [0, 0.1) is 12.8 Å². The molecule has 3 rings (SSSR count). The summed E-state index contributed by atoms with van der Waals surface area (Å²) in [4.78, 5) is 26.4. The summed E-state index contributed by atoms with van der Waals surface area (Å²) >= 11 is 6.16. The van der Waals surface area contributed by atoms with Crippen molar-refractivity contribution >= 4 is 29.1 Å². The molecule has 1 heterocycles. The lowest BCUT2D eigenvalue weighted by Gasteiger charge is -2.17. The molecule has 0 aliphatic carbocycles. The van der Waals surface area contributed by atoms with Gasteiger partial charge in [-0.2, -0.15) is 0 Å². The highest BCUT2D eigenvalue weighted by Crippen LogP contribution is 2.25. The van der Waals surface area contributed by atoms with E-state index in [0.29, 0.717) is 18.1 Å². The van der Waals surface area contributed by atoms with E-state index in [4.69, 9.17) is 11.6 Å². The van der Waals surface area contributed by atoms with Gasteiger partial charge in [-0.05, 0) is 30.2 Å². The lowest BCUT2D eigenvalue weighted by molar-refractivity contribution is -0.128. The molecule has 0 radical (unpaired) electrons. The molecular formula is C19H19ClN2O2. The van der Waals surface area contributed by atoms with Crippen molar-refractivity contribution in [1.29, 1.82) is 0 Å². The maximum absolute atomic E-state index is 12.5. The van der Waals surface area contributed by atoms with E-state index in [0.717, 1.165) is 16.8 Å². The fraction of sp³-hybridized carbons (Fsp3) is 0.263. The second-order valence-corrected chi connectivity index (χ2v) is 6.48. The molecule has 0 saturated carbocycles. The van der Waals surface area contributed by atoms with Crippen LogP contribution < -0.4 is 5.32 Å². The molecule has 0 spiro atoms. The van der Waals surface area contributed by atoms with Crippen LogP contribution in [-0.4, -0.2) is 23.3 Å². The van der Waals surface area contributed by atoms with Crippen molar-refractivity contribution in [3.63, 3.8) is 0 Å². The van der Waals surface area contributed by atoms with Gasteiger partial charge in [-0.3, -0.25) is 9.59 Å². The van der Waals surface area contributed by atoms with E-state index in [-0.39, 0.29) is 24.2 Å². The Morgan fingerprint density at radius 1 is 1.21 bits per heavy atom. The predicted molar refractivity (Wildman–Crippen MR) is 94.8 cm³/mol. The number of benzene rings is 2. The average molecular weight is 343 g/mol. The Morgan fingerprint density at radius 3 is 2.67 bits per heavy atom. The summed E-state index contributed by atoms with van der Waals surface area (Å²) in [6, 6.07) is 15.1. The van der Waals surface area contributed by atoms with Crippen molar-refractivity contribution in [1.82, 2.24) is 4.90 Å². The summed E-state index contributed by atoms with van der Waals surface area (Å²) < 4.78 is 0. The summed E-state index contributed by atoms with van der Waals surface area (Å²) in [5.41, 5.74) is 2.69. The standard InChI is InChI=1S/C19H19ClN2O2/c1-13-6-2-5-9-17(13)21-19(24)15-10-18(23)22(12-15)11-14-7-3-4-8-16(14)20/h2-9,15H,10-12H2,1H3,(H,21,24)/t15-/m1/s1. The van der Waals surface area contributed by atoms with Crippen LogP contribution in [0.15, 0.2) is 48.5 Å². The van der Waals surface area contributed by atoms with Gasteiger partial charge in [-0.1, -0.05) is 48.0 Å². The molecule has 1 atom stereocenters. The van der Waals surface area contributed by atoms with Crippen molar-refractivity contribution in [2.75, 3.05) is 11.9 Å². The van der Waals surface area contributed by atoms with Crippen LogP contribution in [0.3, 0.4) is 0 Å². The molecule has 2 aromatic carbocycles. The summed E-state index contributed by atoms with van der Waals surface area (Å²) in [6.07, 6.45) is 0.238. The molecule has 2 aromatic rings. The third kappa shape index (κ3) is 3.60. The van der Waals surface area contributed by atoms with Gasteiger partial charge >= 0.3 is 0 Å². The number of aryl methyl sites for hydroxylation is 1. The highest BCUT2D eigenvalue weighted by molar-refractivity contribution is 6.31. The number of carbonyl (C=O) groups excluding carboxylic acids is 2. The molecule has 1 fully saturated rings. The number of anilines is 1. The van der Waals surface area contributed by atoms with Gasteiger partial charge in [0.2, 0.25) is 11.8 Å². The maximum Gasteiger partial charge on any atom is 0.229 e. The zero-order valence-corrected chi connectivity index (χ0v) is 14.2. The quantitative estimate of drug-likeness (QED) is 0.922. The normalized spacial score (nSPS) is 17.2. The number of hydrogen-bond donors (Lipinski definition) is 1. The zero-order valence-electron chi connectivity index (χ0n) is 13.5. The highest BCUT2D eigenvalue weighted by Gasteiger charge is 2.34. The van der Waals surface area contributed by atoms with E-state index in [1.807, 2.05) is 49.4 Å². The molecule has 0 aromatic heterocycles. The highest BCUT2D eigenvalue weighted by atomic mass is 35.5. The average Bonchev–Trinajstić information content (AvgIpc) is 2.93. The van der Waals surface area contributed by atoms with Crippen LogP contribution in [0.2, 0.25) is 5.02 Å². The molecular weight excluding hydrogens is 324 g/mol. The number of carbonyl (C=O) groups is 2. The molecule has 1 aliphatic rings. The minimum absolute atomic E-state index is 0.0140. The first-order valence-electron chi connectivity index (χ1n) is 7.92. The molecule has 124 valence electrons. The van der Waals surface area contributed by atoms with Gasteiger partial charge in [0.15, 0.2) is 0 Å². The fourth-order valence-corrected chi connectivity index (χ4v) is 3.08. The van der Waals surface area contributed by atoms with Crippen LogP contribution in [0.25, 0.3) is 0 Å². The molecule has 24 heavy (non-hydrogen) atoms. The zero-order chi connectivity index (χ0) is 17.1. The third-order valence-corrected chi connectivity index (χ3v) is 4.68. The first kappa shape index (κ1) is 16.5. The van der Waals surface area contributed by atoms with Gasteiger partial charge in [0, 0.05) is 30.2 Å². The minimum Gasteiger partial charge on any atom is -0.337 e. The van der Waals surface area contributed by atoms with Crippen LogP contribution in [0.5, 0.6) is 0 Å². The predicted octanol–water partition coefficient (Wildman–Crippen LogP) is 3.64. The Kier molecular flexibility index (Phi) is 4.86. The Morgan fingerprint density at radius 2 is 1.92 bits per heavy atom. The van der Waals surface area contributed by atoms with E-state index in [1.54, 1.807) is 11.0 Å². The lowest BCUT2D eigenvalue weighted by atomic mass is 10.1. The molecule has 1 aliphatic heterocycles. The number of likely N-dealkylation sites (tertiary alicyclic amines) is 1. The summed E-state index contributed by atoms with van der Waals surface area (Å²) in [5, 5.41) is 3.56. The molecule has 4 nitrogen and oxygen atoms in total. The maximum atomic E-state index is 12.5. The second kappa shape index (κ2) is 7.05. The first-order chi connectivity index (χ1) is 11.5. The number of para-hydroxylation sites is 1. The van der Waals surface area contributed by atoms with Gasteiger partial charge in [-0.15, -0.1) is 0 Å². The summed E-state index contributed by atoms with van der Waals surface area (Å²) in [7, 11) is 0. The van der Waals surface area contributed by atoms with Crippen molar-refractivity contribution in [3.05, 3.63) is 64.7 Å². The van der Waals surface area contributed by atoms with Gasteiger partial charge in [0.1, 0.15) is 0 Å². The molecule has 5 heteroatoms. The summed E-state index contributed by atoms with van der Waals surface area (Å²) in [6.45, 7) is 2.80. The van der Waals surface area contributed by atoms with E-state index in [1.165, 1.54) is 0 Å². The van der Waals surface area contributed by atoms with E-state index < -0.39 is 0 Å². The van der Waals surface area contributed by atoms with Gasteiger partial charge in [-0.25, -0.2) is 0 Å². The lowest BCUT2D eigenvalue weighted by Crippen LogP contribution is -2.28. The van der Waals surface area contributed by atoms with Crippen LogP contribution in [-0.2, 0) is 16.1 Å². The van der Waals surface area contributed by atoms with Gasteiger partial charge in [0.05, 0.1) is 5.92 Å². The molecule has 1 N–H and O–H groups in total. The molecule has 2 amide bonds. The largest absolute Gasteiger partial charge is 0.337 e. The smallest absolute Gasteiger partial charge is 0.229 e. The van der Waals surface area contributed by atoms with Crippen LogP contribution in [0.1, 0.15) is 17.5 Å². The molecule has 0 bridgehead atoms. The number of halogens is 1. The number of nitrogens with one attached hydrogen (secondary N) is 1. The topological polar surface area (TPSA) is 49.4 Å². The van der Waals surface area contributed by atoms with E-state index in [9.17, 15) is 9.59 Å². The third-order valence-electron chi connectivity index (χ3n) is 4.31. The SMILES string of the molecule is Cc1ccccc1NC(=O)[C@@H]1CC(=O)N(Cc2ccccc2Cl)C1. The number of amides is 2. The van der Waals surface area contributed by atoms with Crippen LogP contribution >= 0.6 is 11.6 Å². The summed E-state index contributed by atoms with van der Waals surface area (Å²) in [5.74, 6) is -0.459. The van der Waals surface area contributed by atoms with Gasteiger partial charge < -0.3 is 10.2 Å². The van der Waals surface area contributed by atoms with E-state index in [2.05, 4.69) is 5.32 Å². The number of hydrogen-bond acceptors (Lipinski definition) is 2. The first-order valence-corrected chi connectivity index (χ1v) is 8.30. The fourth-order valence-electron chi connectivity index (χ4n) is 2.88. The Bertz CT molecular complexity index is 775. The molecule has 1 saturated heterocycles. The van der Waals surface area contributed by atoms with Crippen molar-refractivity contribution < 1.29 is 9.59 Å². The van der Waals surface area contributed by atoms with Crippen molar-refractivity contribution in [3.8, 4) is 0 Å². The Hall–Kier alpha value is -2.33. The van der Waals surface area contributed by atoms with Crippen molar-refractivity contribution in [2.24, 2.45) is 5.92 Å².